The monoisotopic (exact) mass is 537 g/mol. The quantitative estimate of drug-likeness (QED) is 0.234. The van der Waals surface area contributed by atoms with Gasteiger partial charge in [0.2, 0.25) is 0 Å². The number of carbonyl (C=O) groups excluding carboxylic acids is 1. The summed E-state index contributed by atoms with van der Waals surface area (Å²) in [5, 5.41) is 10.8. The Bertz CT molecular complexity index is 1150. The largest absolute Gasteiger partial charge is 0.416 e. The average molecular weight is 538 g/mol. The average Bonchev–Trinajstić information content (AvgIpc) is 3.33. The lowest BCUT2D eigenvalue weighted by Gasteiger charge is -2.28. The highest BCUT2D eigenvalue weighted by Gasteiger charge is 2.31. The van der Waals surface area contributed by atoms with Crippen LogP contribution >= 0.6 is 11.6 Å². The number of anilines is 1. The molecule has 1 heterocycles. The Kier molecular flexibility index (Phi) is 10.1. The molecule has 0 bridgehead atoms. The van der Waals surface area contributed by atoms with E-state index >= 15 is 0 Å². The number of Topliss-reactive ketones (excluding diaryl/α,β-unsaturated/α-hetero) is 1. The van der Waals surface area contributed by atoms with E-state index in [1.54, 1.807) is 12.1 Å². The Morgan fingerprint density at radius 1 is 1.05 bits per heavy atom. The Morgan fingerprint density at radius 3 is 2.30 bits per heavy atom. The van der Waals surface area contributed by atoms with Gasteiger partial charge in [-0.25, -0.2) is 4.39 Å². The highest BCUT2D eigenvalue weighted by molar-refractivity contribution is 6.33. The molecule has 0 aliphatic heterocycles. The summed E-state index contributed by atoms with van der Waals surface area (Å²) in [6, 6.07) is 11.1. The highest BCUT2D eigenvalue weighted by atomic mass is 35.5. The van der Waals surface area contributed by atoms with Gasteiger partial charge in [-0.15, -0.1) is 0 Å². The molecule has 0 radical (unpaired) electrons. The van der Waals surface area contributed by atoms with Crippen molar-refractivity contribution in [2.45, 2.75) is 58.5 Å². The minimum absolute atomic E-state index is 0.0329. The lowest BCUT2D eigenvalue weighted by Crippen LogP contribution is -2.21. The second kappa shape index (κ2) is 13.1. The predicted molar refractivity (Wildman–Crippen MR) is 139 cm³/mol. The number of hydrogen-bond acceptors (Lipinski definition) is 3. The topological polar surface area (TPSA) is 57.8 Å². The lowest BCUT2D eigenvalue weighted by molar-refractivity contribution is -0.137. The van der Waals surface area contributed by atoms with Crippen molar-refractivity contribution in [3.8, 4) is 11.3 Å². The minimum atomic E-state index is -4.45. The van der Waals surface area contributed by atoms with Crippen LogP contribution in [0.25, 0.3) is 11.3 Å². The number of carbonyl (C=O) groups is 1. The van der Waals surface area contributed by atoms with E-state index in [0.717, 1.165) is 53.7 Å². The summed E-state index contributed by atoms with van der Waals surface area (Å²) in [7, 11) is 0. The van der Waals surface area contributed by atoms with E-state index in [4.69, 9.17) is 11.6 Å². The van der Waals surface area contributed by atoms with Crippen molar-refractivity contribution < 1.29 is 22.4 Å². The molecule has 0 amide bonds. The Morgan fingerprint density at radius 2 is 1.70 bits per heavy atom. The summed E-state index contributed by atoms with van der Waals surface area (Å²) in [5.74, 6) is 1.88. The normalized spacial score (nSPS) is 17.6. The number of rotatable bonds is 7. The van der Waals surface area contributed by atoms with E-state index < -0.39 is 17.5 Å². The first kappa shape index (κ1) is 28.7. The number of benzene rings is 2. The standard InChI is InChI=1S/C19H26FN3.C9H6ClF3O/c1-2-3-14-4-6-15(7-5-14)13-21-19-12-18(22-23-19)16-8-10-17(20)11-9-16;1-5(14)7-4-6(9(11,12)13)2-3-8(7)10/h8-12,14-15H,2-7,13H2,1H3,(H2,21,22,23);2-4H,1H3. The molecule has 2 N–H and O–H groups in total. The number of aromatic amines is 1. The van der Waals surface area contributed by atoms with Crippen LogP contribution in [0.3, 0.4) is 0 Å². The molecule has 0 saturated heterocycles. The first-order valence-corrected chi connectivity index (χ1v) is 12.9. The molecule has 1 saturated carbocycles. The molecular weight excluding hydrogens is 506 g/mol. The number of nitrogens with one attached hydrogen (secondary N) is 2. The summed E-state index contributed by atoms with van der Waals surface area (Å²) < 4.78 is 49.6. The molecule has 9 heteroatoms. The second-order valence-electron chi connectivity index (χ2n) is 9.48. The first-order chi connectivity index (χ1) is 17.6. The maximum Gasteiger partial charge on any atom is 0.416 e. The van der Waals surface area contributed by atoms with Gasteiger partial charge in [-0.1, -0.05) is 44.2 Å². The SMILES string of the molecule is CC(=O)c1cc(C(F)(F)F)ccc1Cl.CCCC1CCC(CNc2cc(-c3ccc(F)cc3)[nH]n2)CC1. The molecule has 1 aliphatic carbocycles. The van der Waals surface area contributed by atoms with Crippen molar-refractivity contribution in [1.29, 1.82) is 0 Å². The van der Waals surface area contributed by atoms with Gasteiger partial charge in [-0.3, -0.25) is 9.89 Å². The zero-order chi connectivity index (χ0) is 27.0. The fourth-order valence-corrected chi connectivity index (χ4v) is 4.79. The van der Waals surface area contributed by atoms with Crippen molar-refractivity contribution in [2.75, 3.05) is 11.9 Å². The predicted octanol–water partition coefficient (Wildman–Crippen LogP) is 8.80. The number of alkyl halides is 3. The smallest absolute Gasteiger partial charge is 0.368 e. The van der Waals surface area contributed by atoms with Gasteiger partial charge < -0.3 is 5.32 Å². The zero-order valence-electron chi connectivity index (χ0n) is 21.0. The summed E-state index contributed by atoms with van der Waals surface area (Å²) in [6.45, 7) is 4.44. The second-order valence-corrected chi connectivity index (χ2v) is 9.89. The van der Waals surface area contributed by atoms with Crippen molar-refractivity contribution >= 4 is 23.2 Å². The highest BCUT2D eigenvalue weighted by Crippen LogP contribution is 2.33. The van der Waals surface area contributed by atoms with Gasteiger partial charge in [0.15, 0.2) is 5.78 Å². The zero-order valence-corrected chi connectivity index (χ0v) is 21.7. The lowest BCUT2D eigenvalue weighted by atomic mass is 9.80. The van der Waals surface area contributed by atoms with Gasteiger partial charge in [0, 0.05) is 18.2 Å². The van der Waals surface area contributed by atoms with Crippen LogP contribution in [-0.4, -0.2) is 22.5 Å². The third-order valence-corrected chi connectivity index (χ3v) is 6.97. The molecule has 4 rings (SSSR count). The van der Waals surface area contributed by atoms with E-state index in [9.17, 15) is 22.4 Å². The van der Waals surface area contributed by atoms with Crippen LogP contribution in [0, 0.1) is 17.7 Å². The Balaban J connectivity index is 0.000000233. The molecule has 4 nitrogen and oxygen atoms in total. The van der Waals surface area contributed by atoms with Gasteiger partial charge >= 0.3 is 6.18 Å². The molecule has 3 aromatic rings. The van der Waals surface area contributed by atoms with Crippen LogP contribution in [0.4, 0.5) is 23.4 Å². The molecular formula is C28H32ClF4N3O. The van der Waals surface area contributed by atoms with Gasteiger partial charge in [0.25, 0.3) is 0 Å². The maximum absolute atomic E-state index is 13.0. The van der Waals surface area contributed by atoms with E-state index in [0.29, 0.717) is 0 Å². The third kappa shape index (κ3) is 8.59. The molecule has 0 spiro atoms. The number of H-pyrrole nitrogens is 1. The van der Waals surface area contributed by atoms with E-state index in [1.807, 2.05) is 6.07 Å². The molecule has 37 heavy (non-hydrogen) atoms. The van der Waals surface area contributed by atoms with E-state index in [-0.39, 0.29) is 16.4 Å². The molecule has 1 fully saturated rings. The van der Waals surface area contributed by atoms with Gasteiger partial charge in [0.05, 0.1) is 16.3 Å². The van der Waals surface area contributed by atoms with Crippen LogP contribution in [0.15, 0.2) is 48.5 Å². The summed E-state index contributed by atoms with van der Waals surface area (Å²) >= 11 is 5.55. The molecule has 200 valence electrons. The van der Waals surface area contributed by atoms with Crippen molar-refractivity contribution in [2.24, 2.45) is 11.8 Å². The molecule has 0 unspecified atom stereocenters. The Labute approximate surface area is 219 Å². The molecule has 1 aromatic heterocycles. The van der Waals surface area contributed by atoms with Gasteiger partial charge in [-0.2, -0.15) is 18.3 Å². The van der Waals surface area contributed by atoms with Crippen LogP contribution < -0.4 is 5.32 Å². The number of ketones is 1. The van der Waals surface area contributed by atoms with Gasteiger partial charge in [-0.05, 0) is 79.6 Å². The number of nitrogens with zero attached hydrogens (tertiary/aromatic N) is 1. The fraction of sp³-hybridized carbons (Fsp3) is 0.429. The van der Waals surface area contributed by atoms with Crippen molar-refractivity contribution in [3.05, 3.63) is 70.5 Å². The minimum Gasteiger partial charge on any atom is -0.368 e. The summed E-state index contributed by atoms with van der Waals surface area (Å²) in [5.41, 5.74) is 0.889. The maximum atomic E-state index is 13.0. The third-order valence-electron chi connectivity index (χ3n) is 6.64. The summed E-state index contributed by atoms with van der Waals surface area (Å²) in [4.78, 5) is 10.9. The molecule has 0 atom stereocenters. The van der Waals surface area contributed by atoms with Crippen LogP contribution in [0.1, 0.15) is 68.3 Å². The first-order valence-electron chi connectivity index (χ1n) is 12.5. The number of hydrogen-bond donors (Lipinski definition) is 2. The molecule has 2 aromatic carbocycles. The van der Waals surface area contributed by atoms with E-state index in [1.165, 1.54) is 57.6 Å². The van der Waals surface area contributed by atoms with Crippen LogP contribution in [-0.2, 0) is 6.18 Å². The number of halogens is 5. The van der Waals surface area contributed by atoms with Gasteiger partial charge in [0.1, 0.15) is 11.6 Å². The van der Waals surface area contributed by atoms with Crippen molar-refractivity contribution in [3.63, 3.8) is 0 Å². The van der Waals surface area contributed by atoms with E-state index in [2.05, 4.69) is 22.4 Å². The Hall–Kier alpha value is -2.87. The number of aromatic nitrogens is 2. The summed E-state index contributed by atoms with van der Waals surface area (Å²) in [6.07, 6.45) is 3.66. The molecule has 1 aliphatic rings. The fourth-order valence-electron chi connectivity index (χ4n) is 4.54. The van der Waals surface area contributed by atoms with Crippen LogP contribution in [0.2, 0.25) is 5.02 Å². The van der Waals surface area contributed by atoms with Crippen molar-refractivity contribution in [1.82, 2.24) is 10.2 Å². The van der Waals surface area contributed by atoms with Crippen LogP contribution in [0.5, 0.6) is 0 Å².